The van der Waals surface area contributed by atoms with E-state index < -0.39 is 36.8 Å². The smallest absolute Gasteiger partial charge is 0.264 e. The van der Waals surface area contributed by atoms with Crippen molar-refractivity contribution in [1.82, 2.24) is 34.9 Å². The fourth-order valence-corrected chi connectivity index (χ4v) is 12.4. The molecule has 1 atom stereocenters. The number of carbonyl (C=O) groups excluding carboxylic acids is 4. The molecule has 17 nitrogen and oxygen atoms in total. The molecule has 4 aliphatic heterocycles. The summed E-state index contributed by atoms with van der Waals surface area (Å²) in [6, 6.07) is 20.5. The molecule has 6 aromatic rings. The number of ether oxygens (including phenoxy) is 1. The van der Waals surface area contributed by atoms with Crippen LogP contribution in [0.4, 0.5) is 34.5 Å². The first-order valence-electron chi connectivity index (χ1n) is 24.2. The zero-order valence-corrected chi connectivity index (χ0v) is 42.8. The minimum atomic E-state index is -2.71. The van der Waals surface area contributed by atoms with Crippen LogP contribution in [0, 0.1) is 5.92 Å². The molecule has 4 aromatic carbocycles. The Morgan fingerprint density at radius 3 is 2.34 bits per heavy atom. The molecule has 0 saturated carbocycles. The summed E-state index contributed by atoms with van der Waals surface area (Å²) >= 11 is 3.63. The quantitative estimate of drug-likeness (QED) is 0.0710. The highest BCUT2D eigenvalue weighted by Gasteiger charge is 2.46. The molecular weight excluding hydrogens is 986 g/mol. The number of nitrogens with zero attached hydrogens (tertiary/aromatic N) is 8. The number of fused-ring (bicyclic) bond motifs is 2. The van der Waals surface area contributed by atoms with Crippen molar-refractivity contribution < 1.29 is 28.5 Å². The number of hydrogen-bond donors (Lipinski definition) is 3. The van der Waals surface area contributed by atoms with Crippen molar-refractivity contribution in [2.45, 2.75) is 44.6 Å². The Labute approximate surface area is 420 Å². The molecule has 0 radical (unpaired) electrons. The number of imide groups is 2. The minimum absolute atomic E-state index is 0.0882. The first-order chi connectivity index (χ1) is 34.2. The molecule has 6 heterocycles. The van der Waals surface area contributed by atoms with Gasteiger partial charge in [0.2, 0.25) is 17.8 Å². The summed E-state index contributed by atoms with van der Waals surface area (Å²) in [6.45, 7) is 9.66. The SMILES string of the molecule is COc1cc(N2CCN(CCCC3CCN(c4cccc5c4C(=O)N(C4CCC(=O)NC4=O)C5=O)CC3)CC2)c(-c2cnn(C)c2)cc1Nc1ncc(Br)c(Nc2ccc3ccccc3c2P(C)(C)=O)n1. The second-order valence-corrected chi connectivity index (χ2v) is 23.2. The topological polar surface area (TPSA) is 187 Å². The van der Waals surface area contributed by atoms with Gasteiger partial charge in [-0.1, -0.05) is 36.4 Å². The third-order valence-electron chi connectivity index (χ3n) is 14.2. The van der Waals surface area contributed by atoms with Crippen LogP contribution in [0.3, 0.4) is 0 Å². The molecule has 2 aromatic heterocycles. The van der Waals surface area contributed by atoms with E-state index in [4.69, 9.17) is 9.72 Å². The van der Waals surface area contributed by atoms with Crippen LogP contribution in [0.2, 0.25) is 0 Å². The monoisotopic (exact) mass is 1040 g/mol. The zero-order chi connectivity index (χ0) is 49.6. The standard InChI is InChI=1S/C52H57BrN11O6P/c1-60-31-34(29-55-60)37-27-40(57-52-54-30-38(53)48(59-52)56-39-15-14-33-10-5-6-11-35(33)47(39)71(3,4)69)44(70-2)28-43(37)63-25-23-61(24-26-63)20-8-9-32-18-21-62(22-19-32)41-13-7-12-36-46(41)51(68)64(50(36)67)42-16-17-45(65)58-49(42)66/h5-7,10-15,27-32,42H,8-9,16-26H2,1-4H3,(H,58,65,66)(H2,54,56,57,59). The van der Waals surface area contributed by atoms with E-state index in [2.05, 4.69) is 68.8 Å². The predicted molar refractivity (Wildman–Crippen MR) is 280 cm³/mol. The maximum Gasteiger partial charge on any atom is 0.264 e. The van der Waals surface area contributed by atoms with Gasteiger partial charge < -0.3 is 29.7 Å². The molecule has 368 valence electrons. The first-order valence-corrected chi connectivity index (χ1v) is 27.5. The zero-order valence-electron chi connectivity index (χ0n) is 40.3. The van der Waals surface area contributed by atoms with Crippen molar-refractivity contribution in [2.75, 3.05) is 86.7 Å². The van der Waals surface area contributed by atoms with Crippen molar-refractivity contribution >= 4 is 97.3 Å². The van der Waals surface area contributed by atoms with E-state index in [-0.39, 0.29) is 12.8 Å². The molecule has 1 unspecified atom stereocenters. The Morgan fingerprint density at radius 2 is 1.61 bits per heavy atom. The Kier molecular flexibility index (Phi) is 13.4. The van der Waals surface area contributed by atoms with Crippen molar-refractivity contribution in [2.24, 2.45) is 13.0 Å². The van der Waals surface area contributed by atoms with Gasteiger partial charge in [0.15, 0.2) is 0 Å². The summed E-state index contributed by atoms with van der Waals surface area (Å²) in [5.74, 6) is 0.137. The molecule has 3 fully saturated rings. The number of aromatic nitrogens is 4. The van der Waals surface area contributed by atoms with Crippen molar-refractivity contribution in [1.29, 1.82) is 0 Å². The molecule has 3 N–H and O–H groups in total. The molecule has 4 amide bonds. The van der Waals surface area contributed by atoms with Crippen LogP contribution < -0.4 is 35.8 Å². The number of carbonyl (C=O) groups is 4. The number of amides is 4. The normalized spacial score (nSPS) is 18.0. The Bertz CT molecular complexity index is 3120. The van der Waals surface area contributed by atoms with Gasteiger partial charge in [0, 0.05) is 93.3 Å². The van der Waals surface area contributed by atoms with Crippen molar-refractivity contribution in [3.8, 4) is 16.9 Å². The lowest BCUT2D eigenvalue weighted by Crippen LogP contribution is -2.54. The second kappa shape index (κ2) is 19.9. The van der Waals surface area contributed by atoms with Crippen LogP contribution in [0.1, 0.15) is 59.2 Å². The maximum absolute atomic E-state index is 13.7. The summed E-state index contributed by atoms with van der Waals surface area (Å²) in [7, 11) is 0.863. The average Bonchev–Trinajstić information content (AvgIpc) is 3.91. The number of hydrogen-bond acceptors (Lipinski definition) is 14. The van der Waals surface area contributed by atoms with E-state index in [0.29, 0.717) is 44.7 Å². The number of halogens is 1. The van der Waals surface area contributed by atoms with Gasteiger partial charge >= 0.3 is 0 Å². The van der Waals surface area contributed by atoms with Gasteiger partial charge in [-0.05, 0) is 109 Å². The van der Waals surface area contributed by atoms with E-state index >= 15 is 0 Å². The summed E-state index contributed by atoms with van der Waals surface area (Å²) in [5.41, 5.74) is 5.85. The lowest BCUT2D eigenvalue weighted by atomic mass is 9.91. The first kappa shape index (κ1) is 48.0. The number of piperidine rings is 2. The summed E-state index contributed by atoms with van der Waals surface area (Å²) < 4.78 is 22.2. The number of benzene rings is 4. The molecule has 0 spiro atoms. The lowest BCUT2D eigenvalue weighted by Gasteiger charge is -2.38. The lowest BCUT2D eigenvalue weighted by molar-refractivity contribution is -0.136. The van der Waals surface area contributed by atoms with Crippen LogP contribution in [0.15, 0.2) is 89.8 Å². The van der Waals surface area contributed by atoms with E-state index in [0.717, 1.165) is 121 Å². The van der Waals surface area contributed by atoms with Gasteiger partial charge in [0.25, 0.3) is 11.8 Å². The molecule has 0 bridgehead atoms. The van der Waals surface area contributed by atoms with Crippen LogP contribution in [0.5, 0.6) is 5.75 Å². The average molecular weight is 1040 g/mol. The van der Waals surface area contributed by atoms with Gasteiger partial charge in [-0.2, -0.15) is 10.1 Å². The number of rotatable bonds is 14. The Morgan fingerprint density at radius 1 is 0.831 bits per heavy atom. The molecular formula is C52H57BrN11O6P. The number of anilines is 6. The molecule has 3 saturated heterocycles. The van der Waals surface area contributed by atoms with E-state index in [1.54, 1.807) is 43.5 Å². The van der Waals surface area contributed by atoms with Gasteiger partial charge in [-0.3, -0.25) is 39.0 Å². The van der Waals surface area contributed by atoms with E-state index in [1.165, 1.54) is 0 Å². The Balaban J connectivity index is 0.769. The van der Waals surface area contributed by atoms with Gasteiger partial charge in [0.1, 0.15) is 24.8 Å². The molecule has 71 heavy (non-hydrogen) atoms. The largest absolute Gasteiger partial charge is 0.494 e. The van der Waals surface area contributed by atoms with Crippen LogP contribution in [-0.4, -0.2) is 125 Å². The van der Waals surface area contributed by atoms with Crippen LogP contribution >= 0.6 is 23.1 Å². The summed E-state index contributed by atoms with van der Waals surface area (Å²) in [6.07, 6.45) is 9.97. The van der Waals surface area contributed by atoms with Crippen LogP contribution in [0.25, 0.3) is 21.9 Å². The number of piperazine rings is 1. The Hall–Kier alpha value is -6.62. The van der Waals surface area contributed by atoms with Gasteiger partial charge in [0.05, 0.1) is 46.0 Å². The second-order valence-electron chi connectivity index (χ2n) is 19.2. The molecule has 19 heteroatoms. The van der Waals surface area contributed by atoms with E-state index in [9.17, 15) is 23.7 Å². The number of methoxy groups -OCH3 is 1. The highest BCUT2D eigenvalue weighted by molar-refractivity contribution is 9.10. The van der Waals surface area contributed by atoms with Crippen LogP contribution in [-0.2, 0) is 21.2 Å². The van der Waals surface area contributed by atoms with Crippen molar-refractivity contribution in [3.63, 3.8) is 0 Å². The summed E-state index contributed by atoms with van der Waals surface area (Å²) in [5, 5.41) is 16.4. The molecule has 10 rings (SSSR count). The van der Waals surface area contributed by atoms with E-state index in [1.807, 2.05) is 61.9 Å². The third kappa shape index (κ3) is 9.76. The fraction of sp³-hybridized carbons (Fsp3) is 0.365. The maximum atomic E-state index is 13.7. The molecule has 0 aliphatic carbocycles. The highest BCUT2D eigenvalue weighted by Crippen LogP contribution is 2.44. The third-order valence-corrected chi connectivity index (χ3v) is 16.4. The molecule has 4 aliphatic rings. The number of nitrogens with one attached hydrogen (secondary N) is 3. The fourth-order valence-electron chi connectivity index (χ4n) is 10.6. The summed E-state index contributed by atoms with van der Waals surface area (Å²) in [4.78, 5) is 69.3. The predicted octanol–water partition coefficient (Wildman–Crippen LogP) is 7.76. The van der Waals surface area contributed by atoms with Crippen molar-refractivity contribution in [3.05, 3.63) is 101 Å². The highest BCUT2D eigenvalue weighted by atomic mass is 79.9. The van der Waals surface area contributed by atoms with Gasteiger partial charge in [-0.15, -0.1) is 0 Å². The van der Waals surface area contributed by atoms with Gasteiger partial charge in [-0.25, -0.2) is 4.98 Å². The minimum Gasteiger partial charge on any atom is -0.494 e. The number of aryl methyl sites for hydroxylation is 1.